The Morgan fingerprint density at radius 2 is 1.88 bits per heavy atom. The Morgan fingerprint density at radius 3 is 2.46 bits per heavy atom. The van der Waals surface area contributed by atoms with E-state index in [4.69, 9.17) is 0 Å². The first-order valence-corrected chi connectivity index (χ1v) is 6.92. The molecule has 2 rings (SSSR count). The summed E-state index contributed by atoms with van der Waals surface area (Å²) in [6.07, 6.45) is 0. The number of carbonyl (C=O) groups is 2. The molecule has 1 N–H and O–H groups in total. The standard InChI is InChI=1S/C16H14FN3O4/c1-19(10-15(21)18-13-4-2-3-12(17)9-13)16(22)11-5-7-14(8-6-11)20(23)24/h2-9H,10H2,1H3,(H,18,21). The number of likely N-dealkylation sites (N-methyl/N-ethyl adjacent to an activating group) is 1. The van der Waals surface area contributed by atoms with Crippen LogP contribution < -0.4 is 5.32 Å². The van der Waals surface area contributed by atoms with Crippen LogP contribution in [0.1, 0.15) is 10.4 Å². The van der Waals surface area contributed by atoms with E-state index in [2.05, 4.69) is 5.32 Å². The lowest BCUT2D eigenvalue weighted by Crippen LogP contribution is -2.34. The number of anilines is 1. The normalized spacial score (nSPS) is 10.1. The minimum absolute atomic E-state index is 0.127. The van der Waals surface area contributed by atoms with Crippen LogP contribution in [0.15, 0.2) is 48.5 Å². The van der Waals surface area contributed by atoms with E-state index in [1.165, 1.54) is 49.5 Å². The van der Waals surface area contributed by atoms with Crippen molar-refractivity contribution in [2.75, 3.05) is 18.9 Å². The van der Waals surface area contributed by atoms with Gasteiger partial charge in [-0.2, -0.15) is 0 Å². The van der Waals surface area contributed by atoms with Crippen molar-refractivity contribution in [1.82, 2.24) is 4.90 Å². The number of rotatable bonds is 5. The van der Waals surface area contributed by atoms with Gasteiger partial charge >= 0.3 is 0 Å². The smallest absolute Gasteiger partial charge is 0.269 e. The van der Waals surface area contributed by atoms with E-state index in [0.29, 0.717) is 0 Å². The van der Waals surface area contributed by atoms with Crippen LogP contribution in [0, 0.1) is 15.9 Å². The van der Waals surface area contributed by atoms with Crippen LogP contribution in [0.2, 0.25) is 0 Å². The maximum atomic E-state index is 13.1. The zero-order valence-electron chi connectivity index (χ0n) is 12.7. The van der Waals surface area contributed by atoms with Crippen LogP contribution in [0.4, 0.5) is 15.8 Å². The number of carbonyl (C=O) groups excluding carboxylic acids is 2. The van der Waals surface area contributed by atoms with Gasteiger partial charge in [0.05, 0.1) is 11.5 Å². The molecule has 2 aromatic carbocycles. The molecule has 7 nitrogen and oxygen atoms in total. The number of halogens is 1. The van der Waals surface area contributed by atoms with E-state index in [9.17, 15) is 24.1 Å². The minimum Gasteiger partial charge on any atom is -0.332 e. The number of nitro groups is 1. The molecule has 0 aliphatic carbocycles. The van der Waals surface area contributed by atoms with Gasteiger partial charge in [0.1, 0.15) is 5.82 Å². The molecule has 0 radical (unpaired) electrons. The lowest BCUT2D eigenvalue weighted by molar-refractivity contribution is -0.384. The van der Waals surface area contributed by atoms with Crippen molar-refractivity contribution in [2.45, 2.75) is 0 Å². The highest BCUT2D eigenvalue weighted by atomic mass is 19.1. The lowest BCUT2D eigenvalue weighted by Gasteiger charge is -2.16. The molecule has 0 aromatic heterocycles. The molecule has 0 aliphatic heterocycles. The van der Waals surface area contributed by atoms with Gasteiger partial charge in [0.15, 0.2) is 0 Å². The molecule has 8 heteroatoms. The van der Waals surface area contributed by atoms with Gasteiger partial charge in [0, 0.05) is 30.4 Å². The van der Waals surface area contributed by atoms with Gasteiger partial charge in [-0.25, -0.2) is 4.39 Å². The Labute approximate surface area is 136 Å². The predicted octanol–water partition coefficient (Wildman–Crippen LogP) is 2.44. The number of hydrogen-bond donors (Lipinski definition) is 1. The zero-order chi connectivity index (χ0) is 17.7. The SMILES string of the molecule is CN(CC(=O)Nc1cccc(F)c1)C(=O)c1ccc([N+](=O)[O-])cc1. The molecular weight excluding hydrogens is 317 g/mol. The molecule has 0 aliphatic rings. The number of benzene rings is 2. The molecule has 0 unspecified atom stereocenters. The number of non-ortho nitro benzene ring substituents is 1. The largest absolute Gasteiger partial charge is 0.332 e. The number of hydrogen-bond acceptors (Lipinski definition) is 4. The van der Waals surface area contributed by atoms with Crippen LogP contribution in [0.3, 0.4) is 0 Å². The molecule has 0 spiro atoms. The molecule has 0 atom stereocenters. The van der Waals surface area contributed by atoms with Crippen molar-refractivity contribution < 1.29 is 18.9 Å². The summed E-state index contributed by atoms with van der Waals surface area (Å²) >= 11 is 0. The molecular formula is C16H14FN3O4. The van der Waals surface area contributed by atoms with Crippen molar-refractivity contribution in [2.24, 2.45) is 0 Å². The highest BCUT2D eigenvalue weighted by molar-refractivity contribution is 5.99. The highest BCUT2D eigenvalue weighted by Crippen LogP contribution is 2.13. The molecule has 24 heavy (non-hydrogen) atoms. The van der Waals surface area contributed by atoms with Gasteiger partial charge < -0.3 is 10.2 Å². The molecule has 0 saturated heterocycles. The summed E-state index contributed by atoms with van der Waals surface area (Å²) in [7, 11) is 1.43. The molecule has 2 aromatic rings. The topological polar surface area (TPSA) is 92.6 Å². The van der Waals surface area contributed by atoms with Gasteiger partial charge in [-0.1, -0.05) is 6.07 Å². The van der Waals surface area contributed by atoms with Gasteiger partial charge in [-0.15, -0.1) is 0 Å². The molecule has 0 saturated carbocycles. The molecule has 124 valence electrons. The summed E-state index contributed by atoms with van der Waals surface area (Å²) in [5.41, 5.74) is 0.385. The highest BCUT2D eigenvalue weighted by Gasteiger charge is 2.16. The van der Waals surface area contributed by atoms with E-state index >= 15 is 0 Å². The fraction of sp³-hybridized carbons (Fsp3) is 0.125. The van der Waals surface area contributed by atoms with E-state index in [-0.39, 0.29) is 23.5 Å². The number of nitrogens with one attached hydrogen (secondary N) is 1. The summed E-state index contributed by atoms with van der Waals surface area (Å²) in [5, 5.41) is 13.1. The van der Waals surface area contributed by atoms with Gasteiger partial charge in [-0.05, 0) is 30.3 Å². The molecule has 0 heterocycles. The van der Waals surface area contributed by atoms with E-state index in [1.54, 1.807) is 0 Å². The van der Waals surface area contributed by atoms with Gasteiger partial charge in [0.25, 0.3) is 11.6 Å². The first-order chi connectivity index (χ1) is 11.4. The predicted molar refractivity (Wildman–Crippen MR) is 85.1 cm³/mol. The summed E-state index contributed by atoms with van der Waals surface area (Å²) in [6, 6.07) is 10.5. The van der Waals surface area contributed by atoms with Crippen molar-refractivity contribution in [3.8, 4) is 0 Å². The van der Waals surface area contributed by atoms with Crippen LogP contribution in [0.25, 0.3) is 0 Å². The Balaban J connectivity index is 1.97. The monoisotopic (exact) mass is 331 g/mol. The average Bonchev–Trinajstić information content (AvgIpc) is 2.54. The maximum absolute atomic E-state index is 13.1. The second-order valence-electron chi connectivity index (χ2n) is 5.02. The van der Waals surface area contributed by atoms with Crippen LogP contribution >= 0.6 is 0 Å². The Hall–Kier alpha value is -3.29. The summed E-state index contributed by atoms with van der Waals surface area (Å²) in [5.74, 6) is -1.43. The van der Waals surface area contributed by atoms with E-state index < -0.39 is 22.6 Å². The zero-order valence-corrected chi connectivity index (χ0v) is 12.7. The van der Waals surface area contributed by atoms with Crippen LogP contribution in [-0.4, -0.2) is 35.2 Å². The lowest BCUT2D eigenvalue weighted by atomic mass is 10.2. The van der Waals surface area contributed by atoms with Gasteiger partial charge in [0.2, 0.25) is 5.91 Å². The summed E-state index contributed by atoms with van der Waals surface area (Å²) in [6.45, 7) is -0.244. The third-order valence-corrected chi connectivity index (χ3v) is 3.16. The summed E-state index contributed by atoms with van der Waals surface area (Å²) in [4.78, 5) is 35.3. The fourth-order valence-corrected chi connectivity index (χ4v) is 2.00. The molecule has 2 amide bonds. The third kappa shape index (κ3) is 4.35. The van der Waals surface area contributed by atoms with Crippen LogP contribution in [-0.2, 0) is 4.79 Å². The van der Waals surface area contributed by atoms with E-state index in [1.807, 2.05) is 0 Å². The summed E-state index contributed by atoms with van der Waals surface area (Å²) < 4.78 is 13.1. The Kier molecular flexibility index (Phi) is 5.20. The average molecular weight is 331 g/mol. The van der Waals surface area contributed by atoms with Crippen molar-refractivity contribution in [3.63, 3.8) is 0 Å². The second-order valence-corrected chi connectivity index (χ2v) is 5.02. The minimum atomic E-state index is -0.565. The number of nitrogens with zero attached hydrogens (tertiary/aromatic N) is 2. The quantitative estimate of drug-likeness (QED) is 0.673. The maximum Gasteiger partial charge on any atom is 0.269 e. The van der Waals surface area contributed by atoms with Crippen LogP contribution in [0.5, 0.6) is 0 Å². The van der Waals surface area contributed by atoms with Crippen molar-refractivity contribution >= 4 is 23.2 Å². The first kappa shape index (κ1) is 17.1. The van der Waals surface area contributed by atoms with Gasteiger partial charge in [-0.3, -0.25) is 19.7 Å². The number of amides is 2. The Bertz CT molecular complexity index is 777. The first-order valence-electron chi connectivity index (χ1n) is 6.92. The number of nitro benzene ring substituents is 1. The third-order valence-electron chi connectivity index (χ3n) is 3.16. The fourth-order valence-electron chi connectivity index (χ4n) is 2.00. The van der Waals surface area contributed by atoms with Crippen molar-refractivity contribution in [3.05, 3.63) is 70.0 Å². The van der Waals surface area contributed by atoms with Crippen molar-refractivity contribution in [1.29, 1.82) is 0 Å². The van der Waals surface area contributed by atoms with E-state index in [0.717, 1.165) is 11.0 Å². The molecule has 0 bridgehead atoms. The second kappa shape index (κ2) is 7.32. The Morgan fingerprint density at radius 1 is 1.21 bits per heavy atom. The molecule has 0 fully saturated rings.